The maximum atomic E-state index is 12.9. The molecule has 0 radical (unpaired) electrons. The summed E-state index contributed by atoms with van der Waals surface area (Å²) in [5, 5.41) is 16.7. The Balaban J connectivity index is 5.15. The summed E-state index contributed by atoms with van der Waals surface area (Å²) in [6.07, 6.45) is 5.18. The third-order valence-corrected chi connectivity index (χ3v) is 5.81. The number of aliphatic imine (C=N–C) groups is 1. The van der Waals surface area contributed by atoms with Gasteiger partial charge in [0.05, 0.1) is 6.04 Å². The molecule has 14 heteroatoms. The molecule has 0 saturated heterocycles. The van der Waals surface area contributed by atoms with Gasteiger partial charge in [0.1, 0.15) is 18.1 Å². The summed E-state index contributed by atoms with van der Waals surface area (Å²) in [7, 11) is 0. The number of hydrogen-bond acceptors (Lipinski definition) is 8. The van der Waals surface area contributed by atoms with E-state index in [9.17, 15) is 19.2 Å². The SMILES string of the molecule is CSCCC(NC(=O)C(N)CCCN=C(N)N)C(=O)NC(CCSC)C(=O)NC(C)C(=O)O. The molecule has 0 saturated carbocycles. The highest BCUT2D eigenvalue weighted by molar-refractivity contribution is 7.98. The molecule has 0 aliphatic carbocycles. The van der Waals surface area contributed by atoms with E-state index in [4.69, 9.17) is 22.3 Å². The fraction of sp³-hybridized carbons (Fsp3) is 0.737. The first kappa shape index (κ1) is 30.8. The molecule has 0 rings (SSSR count). The Morgan fingerprint density at radius 1 is 0.879 bits per heavy atom. The van der Waals surface area contributed by atoms with Crippen LogP contribution in [0.25, 0.3) is 0 Å². The fourth-order valence-electron chi connectivity index (χ4n) is 2.59. The van der Waals surface area contributed by atoms with E-state index < -0.39 is 47.9 Å². The summed E-state index contributed by atoms with van der Waals surface area (Å²) in [6.45, 7) is 1.67. The van der Waals surface area contributed by atoms with E-state index in [0.29, 0.717) is 43.7 Å². The lowest BCUT2D eigenvalue weighted by Gasteiger charge is -2.24. The molecule has 0 bridgehead atoms. The molecule has 10 N–H and O–H groups in total. The number of thioether (sulfide) groups is 2. The number of amides is 3. The average Bonchev–Trinajstić information content (AvgIpc) is 2.75. The third-order valence-electron chi connectivity index (χ3n) is 4.52. The van der Waals surface area contributed by atoms with Crippen LogP contribution in [-0.4, -0.2) is 89.5 Å². The molecule has 0 spiro atoms. The van der Waals surface area contributed by atoms with Crippen molar-refractivity contribution in [3.63, 3.8) is 0 Å². The van der Waals surface area contributed by atoms with Crippen molar-refractivity contribution >= 4 is 53.2 Å². The number of carboxylic acid groups (broad SMARTS) is 1. The number of nitrogens with zero attached hydrogens (tertiary/aromatic N) is 1. The summed E-state index contributed by atoms with van der Waals surface area (Å²) >= 11 is 2.99. The van der Waals surface area contributed by atoms with Crippen LogP contribution in [0.2, 0.25) is 0 Å². The van der Waals surface area contributed by atoms with Gasteiger partial charge in [-0.25, -0.2) is 0 Å². The highest BCUT2D eigenvalue weighted by atomic mass is 32.2. The Labute approximate surface area is 203 Å². The Morgan fingerprint density at radius 3 is 1.82 bits per heavy atom. The molecular formula is C19H37N7O5S2. The molecule has 0 fully saturated rings. The first-order valence-electron chi connectivity index (χ1n) is 10.5. The van der Waals surface area contributed by atoms with E-state index in [1.807, 2.05) is 12.5 Å². The van der Waals surface area contributed by atoms with Crippen LogP contribution in [-0.2, 0) is 19.2 Å². The summed E-state index contributed by atoms with van der Waals surface area (Å²) in [4.78, 5) is 52.8. The Kier molecular flexibility index (Phi) is 16.2. The van der Waals surface area contributed by atoms with Crippen LogP contribution in [0.5, 0.6) is 0 Å². The molecule has 190 valence electrons. The number of rotatable bonds is 17. The van der Waals surface area contributed by atoms with Crippen molar-refractivity contribution in [2.75, 3.05) is 30.6 Å². The molecule has 0 aromatic carbocycles. The number of carboxylic acids is 1. The summed E-state index contributed by atoms with van der Waals surface area (Å²) in [6, 6.07) is -3.78. The van der Waals surface area contributed by atoms with Gasteiger partial charge in [0, 0.05) is 6.54 Å². The first-order valence-corrected chi connectivity index (χ1v) is 13.2. The molecule has 3 amide bonds. The molecule has 33 heavy (non-hydrogen) atoms. The predicted octanol–water partition coefficient (Wildman–Crippen LogP) is -1.57. The van der Waals surface area contributed by atoms with E-state index in [1.165, 1.54) is 30.4 Å². The van der Waals surface area contributed by atoms with Crippen molar-refractivity contribution in [3.8, 4) is 0 Å². The minimum absolute atomic E-state index is 0.0420. The smallest absolute Gasteiger partial charge is 0.325 e. The lowest BCUT2D eigenvalue weighted by molar-refractivity contribution is -0.141. The molecule has 0 aromatic rings. The average molecular weight is 508 g/mol. The Bertz CT molecular complexity index is 677. The molecule has 0 heterocycles. The molecule has 0 aliphatic heterocycles. The van der Waals surface area contributed by atoms with Crippen LogP contribution in [0.3, 0.4) is 0 Å². The van der Waals surface area contributed by atoms with Gasteiger partial charge in [-0.2, -0.15) is 23.5 Å². The number of nitrogens with two attached hydrogens (primary N) is 3. The number of nitrogens with one attached hydrogen (secondary N) is 3. The maximum absolute atomic E-state index is 12.9. The van der Waals surface area contributed by atoms with Crippen LogP contribution >= 0.6 is 23.5 Å². The summed E-state index contributed by atoms with van der Waals surface area (Å²) in [5.74, 6) is -1.69. The number of hydrogen-bond donors (Lipinski definition) is 7. The second-order valence-corrected chi connectivity index (χ2v) is 9.28. The number of aliphatic carboxylic acids is 1. The number of carbonyl (C=O) groups excluding carboxylic acids is 3. The van der Waals surface area contributed by atoms with Crippen LogP contribution in [0.15, 0.2) is 4.99 Å². The number of carbonyl (C=O) groups is 4. The van der Waals surface area contributed by atoms with Crippen molar-refractivity contribution < 1.29 is 24.3 Å². The maximum Gasteiger partial charge on any atom is 0.325 e. The van der Waals surface area contributed by atoms with Crippen LogP contribution in [0.4, 0.5) is 0 Å². The zero-order valence-corrected chi connectivity index (χ0v) is 21.0. The van der Waals surface area contributed by atoms with E-state index in [2.05, 4.69) is 20.9 Å². The highest BCUT2D eigenvalue weighted by Gasteiger charge is 2.29. The Morgan fingerprint density at radius 2 is 1.36 bits per heavy atom. The third kappa shape index (κ3) is 13.8. The van der Waals surface area contributed by atoms with Gasteiger partial charge in [-0.15, -0.1) is 0 Å². The van der Waals surface area contributed by atoms with Crippen molar-refractivity contribution in [3.05, 3.63) is 0 Å². The van der Waals surface area contributed by atoms with Crippen molar-refractivity contribution in [1.82, 2.24) is 16.0 Å². The molecule has 4 unspecified atom stereocenters. The van der Waals surface area contributed by atoms with Gasteiger partial charge in [0.15, 0.2) is 5.96 Å². The molecular weight excluding hydrogens is 470 g/mol. The molecule has 0 aliphatic rings. The molecule has 0 aromatic heterocycles. The zero-order chi connectivity index (χ0) is 25.4. The molecule has 12 nitrogen and oxygen atoms in total. The lowest BCUT2D eigenvalue weighted by Crippen LogP contribution is -2.57. The Hall–Kier alpha value is -2.19. The quantitative estimate of drug-likeness (QED) is 0.0682. The standard InChI is InChI=1S/C19H37N7O5S2/c1-11(18(30)31)24-16(28)13(6-9-32-2)26-17(29)14(7-10-33-3)25-15(27)12(20)5-4-8-23-19(21)22/h11-14H,4-10,20H2,1-3H3,(H,24,28)(H,25,27)(H,26,29)(H,30,31)(H4,21,22,23). The first-order chi connectivity index (χ1) is 15.5. The normalized spacial score (nSPS) is 14.3. The van der Waals surface area contributed by atoms with Gasteiger partial charge in [0.25, 0.3) is 0 Å². The van der Waals surface area contributed by atoms with Crippen LogP contribution in [0, 0.1) is 0 Å². The van der Waals surface area contributed by atoms with E-state index in [-0.39, 0.29) is 5.96 Å². The van der Waals surface area contributed by atoms with Crippen molar-refractivity contribution in [2.45, 2.75) is 56.8 Å². The minimum atomic E-state index is -1.18. The van der Waals surface area contributed by atoms with Gasteiger partial charge >= 0.3 is 5.97 Å². The fourth-order valence-corrected chi connectivity index (χ4v) is 3.53. The van der Waals surface area contributed by atoms with Crippen molar-refractivity contribution in [1.29, 1.82) is 0 Å². The minimum Gasteiger partial charge on any atom is -0.480 e. The van der Waals surface area contributed by atoms with Gasteiger partial charge in [-0.3, -0.25) is 24.2 Å². The van der Waals surface area contributed by atoms with Crippen LogP contribution in [0.1, 0.15) is 32.6 Å². The lowest BCUT2D eigenvalue weighted by atomic mass is 10.1. The number of guanidine groups is 1. The van der Waals surface area contributed by atoms with E-state index in [0.717, 1.165) is 0 Å². The van der Waals surface area contributed by atoms with Gasteiger partial charge in [-0.05, 0) is 56.6 Å². The predicted molar refractivity (Wildman–Crippen MR) is 133 cm³/mol. The summed E-state index contributed by atoms with van der Waals surface area (Å²) in [5.41, 5.74) is 16.4. The van der Waals surface area contributed by atoms with Crippen molar-refractivity contribution in [2.24, 2.45) is 22.2 Å². The zero-order valence-electron chi connectivity index (χ0n) is 19.3. The largest absolute Gasteiger partial charge is 0.480 e. The summed E-state index contributed by atoms with van der Waals surface area (Å²) < 4.78 is 0. The highest BCUT2D eigenvalue weighted by Crippen LogP contribution is 2.06. The van der Waals surface area contributed by atoms with E-state index in [1.54, 1.807) is 0 Å². The monoisotopic (exact) mass is 507 g/mol. The van der Waals surface area contributed by atoms with Gasteiger partial charge in [-0.1, -0.05) is 0 Å². The van der Waals surface area contributed by atoms with Crippen LogP contribution < -0.4 is 33.2 Å². The second kappa shape index (κ2) is 17.3. The molecule has 4 atom stereocenters. The van der Waals surface area contributed by atoms with Gasteiger partial charge < -0.3 is 38.3 Å². The van der Waals surface area contributed by atoms with Gasteiger partial charge in [0.2, 0.25) is 17.7 Å². The second-order valence-electron chi connectivity index (χ2n) is 7.31. The topological polar surface area (TPSA) is 215 Å². The van der Waals surface area contributed by atoms with E-state index >= 15 is 0 Å².